The minimum atomic E-state index is -0.421. The molecule has 9 rings (SSSR count). The Labute approximate surface area is 299 Å². The first-order chi connectivity index (χ1) is 24.3. The smallest absolute Gasteiger partial charge is 0.305 e. The van der Waals surface area contributed by atoms with Crippen LogP contribution in [0.15, 0.2) is 94.7 Å². The number of rotatable bonds is 7. The average Bonchev–Trinajstić information content (AvgIpc) is 3.86. The summed E-state index contributed by atoms with van der Waals surface area (Å²) in [5, 5.41) is 6.42. The lowest BCUT2D eigenvalue weighted by atomic mass is 9.68. The van der Waals surface area contributed by atoms with Gasteiger partial charge < -0.3 is 19.8 Å². The van der Waals surface area contributed by atoms with E-state index in [9.17, 15) is 19.2 Å². The molecule has 2 aliphatic heterocycles. The van der Waals surface area contributed by atoms with Crippen LogP contribution in [0.5, 0.6) is 11.5 Å². The molecule has 9 nitrogen and oxygen atoms in total. The number of ether oxygens (including phenoxy) is 2. The van der Waals surface area contributed by atoms with Gasteiger partial charge in [0.2, 0.25) is 11.8 Å². The maximum atomic E-state index is 14.0. The third-order valence-corrected chi connectivity index (χ3v) is 13.6. The number of thioether (sulfide) groups is 1. The van der Waals surface area contributed by atoms with Gasteiger partial charge in [0.1, 0.15) is 0 Å². The summed E-state index contributed by atoms with van der Waals surface area (Å²) in [6.45, 7) is -0.218. The molecule has 50 heavy (non-hydrogen) atoms. The fourth-order valence-electron chi connectivity index (χ4n) is 8.84. The van der Waals surface area contributed by atoms with Crippen molar-refractivity contribution in [3.63, 3.8) is 0 Å². The van der Waals surface area contributed by atoms with Gasteiger partial charge in [-0.15, -0.1) is 11.8 Å². The van der Waals surface area contributed by atoms with Gasteiger partial charge in [-0.25, -0.2) is 0 Å². The van der Waals surface area contributed by atoms with Gasteiger partial charge in [0, 0.05) is 26.8 Å². The molecule has 2 bridgehead atoms. The highest BCUT2D eigenvalue weighted by Crippen LogP contribution is 2.68. The predicted octanol–water partition coefficient (Wildman–Crippen LogP) is 6.95. The highest BCUT2D eigenvalue weighted by atomic mass is 35.5. The molecule has 7 atom stereocenters. The van der Waals surface area contributed by atoms with Crippen LogP contribution in [-0.2, 0) is 14.4 Å². The van der Waals surface area contributed by atoms with Crippen molar-refractivity contribution >= 4 is 74.6 Å². The second kappa shape index (κ2) is 12.0. The van der Waals surface area contributed by atoms with E-state index in [-0.39, 0.29) is 58.1 Å². The number of nitrogens with zero attached hydrogens (tertiary/aromatic N) is 1. The number of aromatic nitrogens is 1. The van der Waals surface area contributed by atoms with Crippen molar-refractivity contribution in [1.82, 2.24) is 4.98 Å². The standard InChI is InChI=1S/C38H30ClN3O6S2/c1-47-27-15-20(7-13-26(27)48-17-28(43)40-22-10-6-18-4-2-3-5-19(18)14-22)29-30-24-16-25(33(30)49-35-34(29)50-38(46)41-35)32-31(24)36(44)42(37(32)45)23-11-8-21(39)9-12-23/h2-15,24-25,29-33H,16-17H2,1H3,(H,40,43)(H,41,46)/t24?,25?,29-,30?,31?,32?,33?/m1/s1. The van der Waals surface area contributed by atoms with Crippen molar-refractivity contribution in [2.24, 2.45) is 29.6 Å². The molecular formula is C38H30ClN3O6S2. The van der Waals surface area contributed by atoms with E-state index in [4.69, 9.17) is 21.1 Å². The van der Waals surface area contributed by atoms with Crippen LogP contribution in [0.1, 0.15) is 22.8 Å². The number of amides is 3. The molecule has 4 aromatic carbocycles. The molecule has 2 aliphatic carbocycles. The quantitative estimate of drug-likeness (QED) is 0.175. The minimum absolute atomic E-state index is 0.00146. The van der Waals surface area contributed by atoms with Gasteiger partial charge in [0.25, 0.3) is 5.91 Å². The number of carbonyl (C=O) groups excluding carboxylic acids is 3. The molecule has 0 spiro atoms. The Morgan fingerprint density at radius 2 is 1.68 bits per heavy atom. The van der Waals surface area contributed by atoms with Gasteiger partial charge in [-0.05, 0) is 89.0 Å². The highest BCUT2D eigenvalue weighted by molar-refractivity contribution is 8.00. The molecule has 2 N–H and O–H groups in total. The zero-order valence-corrected chi connectivity index (χ0v) is 29.0. The first-order valence-electron chi connectivity index (χ1n) is 16.4. The Hall–Kier alpha value is -4.58. The molecule has 1 aromatic heterocycles. The normalized spacial score (nSPS) is 26.1. The fraction of sp³-hybridized carbons (Fsp3) is 0.263. The number of anilines is 2. The summed E-state index contributed by atoms with van der Waals surface area (Å²) in [4.78, 5) is 58.7. The van der Waals surface area contributed by atoms with E-state index < -0.39 is 11.8 Å². The topological polar surface area (TPSA) is 118 Å². The third-order valence-electron chi connectivity index (χ3n) is 10.7. The lowest BCUT2D eigenvalue weighted by Crippen LogP contribution is -2.42. The van der Waals surface area contributed by atoms with E-state index in [1.54, 1.807) is 49.2 Å². The molecule has 1 saturated heterocycles. The first kappa shape index (κ1) is 31.4. The minimum Gasteiger partial charge on any atom is -0.493 e. The molecule has 12 heteroatoms. The Balaban J connectivity index is 0.990. The van der Waals surface area contributed by atoms with Gasteiger partial charge in [-0.1, -0.05) is 59.3 Å². The number of carbonyl (C=O) groups is 3. The highest BCUT2D eigenvalue weighted by Gasteiger charge is 2.69. The van der Waals surface area contributed by atoms with Crippen molar-refractivity contribution in [3.8, 4) is 11.5 Å². The van der Waals surface area contributed by atoms with Crippen LogP contribution in [0.25, 0.3) is 10.8 Å². The average molecular weight is 724 g/mol. The fourth-order valence-corrected chi connectivity index (χ4v) is 11.9. The maximum absolute atomic E-state index is 14.0. The summed E-state index contributed by atoms with van der Waals surface area (Å²) in [7, 11) is 1.55. The van der Waals surface area contributed by atoms with Crippen LogP contribution in [0, 0.1) is 29.6 Å². The van der Waals surface area contributed by atoms with Gasteiger partial charge in [0.15, 0.2) is 18.1 Å². The summed E-state index contributed by atoms with van der Waals surface area (Å²) in [5.41, 5.74) is 2.15. The molecule has 4 aliphatic rings. The number of benzene rings is 4. The van der Waals surface area contributed by atoms with Crippen LogP contribution in [0.3, 0.4) is 0 Å². The number of hydrogen-bond acceptors (Lipinski definition) is 8. The monoisotopic (exact) mass is 723 g/mol. The Kier molecular flexibility index (Phi) is 7.56. The number of hydrogen-bond donors (Lipinski definition) is 2. The molecule has 3 amide bonds. The Morgan fingerprint density at radius 3 is 2.46 bits per heavy atom. The number of halogens is 1. The lowest BCUT2D eigenvalue weighted by molar-refractivity contribution is -0.123. The number of nitrogens with one attached hydrogen (secondary N) is 2. The van der Waals surface area contributed by atoms with Crippen LogP contribution in [0.2, 0.25) is 5.02 Å². The van der Waals surface area contributed by atoms with Crippen molar-refractivity contribution < 1.29 is 23.9 Å². The third kappa shape index (κ3) is 4.97. The summed E-state index contributed by atoms with van der Waals surface area (Å²) in [5.74, 6) is -0.758. The number of thiazole rings is 1. The molecule has 2 saturated carbocycles. The molecule has 252 valence electrons. The summed E-state index contributed by atoms with van der Waals surface area (Å²) in [6.07, 6.45) is 0.782. The van der Waals surface area contributed by atoms with E-state index in [1.807, 2.05) is 54.6 Å². The van der Waals surface area contributed by atoms with Crippen molar-refractivity contribution in [2.75, 3.05) is 23.9 Å². The summed E-state index contributed by atoms with van der Waals surface area (Å²) in [6, 6.07) is 26.2. The second-order valence-corrected chi connectivity index (χ2v) is 15.9. The molecule has 3 fully saturated rings. The zero-order chi connectivity index (χ0) is 34.3. The van der Waals surface area contributed by atoms with Gasteiger partial charge in [-0.2, -0.15) is 0 Å². The molecule has 3 heterocycles. The van der Waals surface area contributed by atoms with E-state index in [1.165, 1.54) is 16.2 Å². The number of fused-ring (bicyclic) bond motifs is 10. The molecule has 0 radical (unpaired) electrons. The van der Waals surface area contributed by atoms with E-state index >= 15 is 0 Å². The number of imide groups is 1. The SMILES string of the molecule is COc1cc([C@H]2c3sc(=O)[nH]c3SC3C4CC(C5C(=O)N(c6ccc(Cl)cc6)C(=O)C45)C32)ccc1OCC(=O)Nc1ccc2ccccc2c1. The predicted molar refractivity (Wildman–Crippen MR) is 194 cm³/mol. The van der Waals surface area contributed by atoms with Crippen molar-refractivity contribution in [3.05, 3.63) is 110 Å². The molecular weight excluding hydrogens is 694 g/mol. The van der Waals surface area contributed by atoms with E-state index in [2.05, 4.69) is 10.3 Å². The van der Waals surface area contributed by atoms with Crippen LogP contribution in [0.4, 0.5) is 11.4 Å². The zero-order valence-electron chi connectivity index (χ0n) is 26.6. The molecule has 5 aromatic rings. The largest absolute Gasteiger partial charge is 0.493 e. The Morgan fingerprint density at radius 1 is 0.920 bits per heavy atom. The van der Waals surface area contributed by atoms with E-state index in [0.29, 0.717) is 27.9 Å². The number of H-pyrrole nitrogens is 1. The Bertz CT molecular complexity index is 2270. The van der Waals surface area contributed by atoms with Crippen molar-refractivity contribution in [1.29, 1.82) is 0 Å². The van der Waals surface area contributed by atoms with Crippen LogP contribution >= 0.6 is 34.7 Å². The van der Waals surface area contributed by atoms with Crippen molar-refractivity contribution in [2.45, 2.75) is 22.6 Å². The lowest BCUT2D eigenvalue weighted by Gasteiger charge is -2.43. The number of aromatic amines is 1. The second-order valence-electron chi connectivity index (χ2n) is 13.3. The van der Waals surface area contributed by atoms with Gasteiger partial charge in [0.05, 0.1) is 29.7 Å². The molecule has 6 unspecified atom stereocenters. The summed E-state index contributed by atoms with van der Waals surface area (Å²) >= 11 is 8.94. The van der Waals surface area contributed by atoms with Gasteiger partial charge >= 0.3 is 4.87 Å². The summed E-state index contributed by atoms with van der Waals surface area (Å²) < 4.78 is 11.7. The maximum Gasteiger partial charge on any atom is 0.305 e. The number of methoxy groups -OCH3 is 1. The van der Waals surface area contributed by atoms with Crippen LogP contribution < -0.4 is 24.6 Å². The van der Waals surface area contributed by atoms with E-state index in [0.717, 1.165) is 32.7 Å². The van der Waals surface area contributed by atoms with Crippen LogP contribution in [-0.4, -0.2) is 41.7 Å². The van der Waals surface area contributed by atoms with Gasteiger partial charge in [-0.3, -0.25) is 24.1 Å². The first-order valence-corrected chi connectivity index (χ1v) is 18.5.